The zero-order chi connectivity index (χ0) is 13.8. The molecule has 1 saturated heterocycles. The number of hydrogen-bond donors (Lipinski definition) is 0. The molecule has 2 rings (SSSR count). The second kappa shape index (κ2) is 6.09. The zero-order valence-corrected chi connectivity index (χ0v) is 12.1. The first-order valence-corrected chi connectivity index (χ1v) is 7.15. The summed E-state index contributed by atoms with van der Waals surface area (Å²) in [6, 6.07) is 8.47. The predicted molar refractivity (Wildman–Crippen MR) is 77.9 cm³/mol. The molecule has 0 N–H and O–H groups in total. The number of hydrogen-bond acceptors (Lipinski definition) is 3. The van der Waals surface area contributed by atoms with E-state index in [1.54, 1.807) is 0 Å². The van der Waals surface area contributed by atoms with Crippen LogP contribution in [0.15, 0.2) is 24.3 Å². The molecule has 2 unspecified atom stereocenters. The van der Waals surface area contributed by atoms with E-state index in [4.69, 9.17) is 4.74 Å². The average Bonchev–Trinajstić information content (AvgIpc) is 2.39. The lowest BCUT2D eigenvalue weighted by Crippen LogP contribution is -2.41. The number of ketones is 1. The molecule has 1 aromatic carbocycles. The van der Waals surface area contributed by atoms with Crippen molar-refractivity contribution in [3.05, 3.63) is 24.3 Å². The van der Waals surface area contributed by atoms with Crippen LogP contribution in [0.1, 0.15) is 40.0 Å². The minimum Gasteiger partial charge on any atom is -0.491 e. The summed E-state index contributed by atoms with van der Waals surface area (Å²) in [7, 11) is 0. The van der Waals surface area contributed by atoms with Crippen LogP contribution in [0.2, 0.25) is 0 Å². The first-order valence-electron chi connectivity index (χ1n) is 7.15. The van der Waals surface area contributed by atoms with Crippen LogP contribution in [0.3, 0.4) is 0 Å². The molecule has 0 aliphatic carbocycles. The standard InChI is InChI=1S/C16H23NO2/c1-4-13(3)19-16-7-5-6-14(11-16)17-9-8-15(18)10-12(17)2/h5-7,11-13H,4,8-10H2,1-3H3. The van der Waals surface area contributed by atoms with E-state index in [9.17, 15) is 4.79 Å². The van der Waals surface area contributed by atoms with Crippen molar-refractivity contribution in [2.75, 3.05) is 11.4 Å². The van der Waals surface area contributed by atoms with Crippen LogP contribution in [0.25, 0.3) is 0 Å². The summed E-state index contributed by atoms with van der Waals surface area (Å²) in [5, 5.41) is 0. The van der Waals surface area contributed by atoms with Crippen LogP contribution in [0.4, 0.5) is 5.69 Å². The van der Waals surface area contributed by atoms with Gasteiger partial charge in [-0.1, -0.05) is 13.0 Å². The molecule has 1 aromatic rings. The Bertz CT molecular complexity index is 444. The number of carbonyl (C=O) groups is 1. The SMILES string of the molecule is CCC(C)Oc1cccc(N2CCC(=O)CC2C)c1. The second-order valence-corrected chi connectivity index (χ2v) is 5.37. The third-order valence-electron chi connectivity index (χ3n) is 3.75. The van der Waals surface area contributed by atoms with Gasteiger partial charge in [-0.15, -0.1) is 0 Å². The van der Waals surface area contributed by atoms with Crippen LogP contribution in [-0.2, 0) is 4.79 Å². The third-order valence-corrected chi connectivity index (χ3v) is 3.75. The van der Waals surface area contributed by atoms with Gasteiger partial charge in [0.1, 0.15) is 11.5 Å². The monoisotopic (exact) mass is 261 g/mol. The Hall–Kier alpha value is -1.51. The Balaban J connectivity index is 2.12. The molecule has 0 bridgehead atoms. The lowest BCUT2D eigenvalue weighted by Gasteiger charge is -2.34. The summed E-state index contributed by atoms with van der Waals surface area (Å²) in [5.41, 5.74) is 1.15. The quantitative estimate of drug-likeness (QED) is 0.831. The fourth-order valence-corrected chi connectivity index (χ4v) is 2.44. The molecule has 3 nitrogen and oxygen atoms in total. The average molecular weight is 261 g/mol. The van der Waals surface area contributed by atoms with Gasteiger partial charge in [0, 0.05) is 37.2 Å². The molecule has 1 aliphatic rings. The highest BCUT2D eigenvalue weighted by Crippen LogP contribution is 2.27. The van der Waals surface area contributed by atoms with Crippen molar-refractivity contribution in [2.24, 2.45) is 0 Å². The molecular formula is C16H23NO2. The minimum absolute atomic E-state index is 0.232. The number of benzene rings is 1. The van der Waals surface area contributed by atoms with Crippen LogP contribution >= 0.6 is 0 Å². The number of ether oxygens (including phenoxy) is 1. The van der Waals surface area contributed by atoms with Crippen molar-refractivity contribution in [3.63, 3.8) is 0 Å². The number of Topliss-reactive ketones (excluding diaryl/α,β-unsaturated/α-hetero) is 1. The predicted octanol–water partition coefficient (Wildman–Crippen LogP) is 3.42. The van der Waals surface area contributed by atoms with Crippen molar-refractivity contribution in [1.29, 1.82) is 0 Å². The maximum atomic E-state index is 11.5. The second-order valence-electron chi connectivity index (χ2n) is 5.37. The van der Waals surface area contributed by atoms with Crippen molar-refractivity contribution in [3.8, 4) is 5.75 Å². The zero-order valence-electron chi connectivity index (χ0n) is 12.1. The number of anilines is 1. The van der Waals surface area contributed by atoms with Gasteiger partial charge in [-0.25, -0.2) is 0 Å². The van der Waals surface area contributed by atoms with E-state index in [-0.39, 0.29) is 12.1 Å². The van der Waals surface area contributed by atoms with Crippen molar-refractivity contribution in [1.82, 2.24) is 0 Å². The third kappa shape index (κ3) is 3.49. The smallest absolute Gasteiger partial charge is 0.136 e. The summed E-state index contributed by atoms with van der Waals surface area (Å²) in [5.74, 6) is 1.28. The Morgan fingerprint density at radius 3 is 2.95 bits per heavy atom. The lowest BCUT2D eigenvalue weighted by atomic mass is 10.0. The van der Waals surface area contributed by atoms with Gasteiger partial charge in [0.2, 0.25) is 0 Å². The van der Waals surface area contributed by atoms with Crippen LogP contribution in [-0.4, -0.2) is 24.5 Å². The molecule has 1 aliphatic heterocycles. The van der Waals surface area contributed by atoms with Crippen molar-refractivity contribution < 1.29 is 9.53 Å². The summed E-state index contributed by atoms with van der Waals surface area (Å²) < 4.78 is 5.86. The van der Waals surface area contributed by atoms with Crippen molar-refractivity contribution in [2.45, 2.75) is 52.2 Å². The topological polar surface area (TPSA) is 29.5 Å². The van der Waals surface area contributed by atoms with Gasteiger partial charge < -0.3 is 9.64 Å². The molecule has 0 spiro atoms. The van der Waals surface area contributed by atoms with E-state index in [2.05, 4.69) is 37.8 Å². The summed E-state index contributed by atoms with van der Waals surface area (Å²) in [6.07, 6.45) is 2.53. The molecule has 3 heteroatoms. The number of nitrogens with zero attached hydrogens (tertiary/aromatic N) is 1. The molecular weight excluding hydrogens is 238 g/mol. The maximum absolute atomic E-state index is 11.5. The molecule has 19 heavy (non-hydrogen) atoms. The first-order chi connectivity index (χ1) is 9.10. The molecule has 0 amide bonds. The highest BCUT2D eigenvalue weighted by Gasteiger charge is 2.23. The summed E-state index contributed by atoms with van der Waals surface area (Å²) in [4.78, 5) is 13.7. The molecule has 2 atom stereocenters. The molecule has 1 heterocycles. The van der Waals surface area contributed by atoms with Crippen molar-refractivity contribution >= 4 is 11.5 Å². The fraction of sp³-hybridized carbons (Fsp3) is 0.562. The minimum atomic E-state index is 0.232. The lowest BCUT2D eigenvalue weighted by molar-refractivity contribution is -0.120. The Labute approximate surface area is 115 Å². The van der Waals surface area contributed by atoms with Gasteiger partial charge in [-0.05, 0) is 32.4 Å². The first kappa shape index (κ1) is 13.9. The van der Waals surface area contributed by atoms with Crippen LogP contribution in [0.5, 0.6) is 5.75 Å². The Morgan fingerprint density at radius 1 is 1.47 bits per heavy atom. The van der Waals surface area contributed by atoms with Gasteiger partial charge in [-0.2, -0.15) is 0 Å². The molecule has 0 radical (unpaired) electrons. The Kier molecular flexibility index (Phi) is 4.46. The van der Waals surface area contributed by atoms with Gasteiger partial charge in [-0.3, -0.25) is 4.79 Å². The molecule has 104 valence electrons. The Morgan fingerprint density at radius 2 is 2.26 bits per heavy atom. The van der Waals surface area contributed by atoms with Crippen LogP contribution in [0, 0.1) is 0 Å². The van der Waals surface area contributed by atoms with Gasteiger partial charge in [0.25, 0.3) is 0 Å². The van der Waals surface area contributed by atoms with E-state index in [1.807, 2.05) is 12.1 Å². The normalized spacial score (nSPS) is 21.3. The fourth-order valence-electron chi connectivity index (χ4n) is 2.44. The van der Waals surface area contributed by atoms with E-state index < -0.39 is 0 Å². The number of piperidine rings is 1. The highest BCUT2D eigenvalue weighted by atomic mass is 16.5. The molecule has 0 aromatic heterocycles. The highest BCUT2D eigenvalue weighted by molar-refractivity contribution is 5.81. The largest absolute Gasteiger partial charge is 0.491 e. The summed E-state index contributed by atoms with van der Waals surface area (Å²) in [6.45, 7) is 7.12. The number of carbonyl (C=O) groups excluding carboxylic acids is 1. The maximum Gasteiger partial charge on any atom is 0.136 e. The van der Waals surface area contributed by atoms with Gasteiger partial charge in [0.15, 0.2) is 0 Å². The van der Waals surface area contributed by atoms with E-state index >= 15 is 0 Å². The van der Waals surface area contributed by atoms with Gasteiger partial charge >= 0.3 is 0 Å². The number of rotatable bonds is 4. The summed E-state index contributed by atoms with van der Waals surface area (Å²) >= 11 is 0. The van der Waals surface area contributed by atoms with E-state index in [0.717, 1.165) is 24.4 Å². The van der Waals surface area contributed by atoms with E-state index in [0.29, 0.717) is 18.6 Å². The molecule has 1 fully saturated rings. The molecule has 0 saturated carbocycles. The van der Waals surface area contributed by atoms with E-state index in [1.165, 1.54) is 0 Å². The van der Waals surface area contributed by atoms with Crippen LogP contribution < -0.4 is 9.64 Å². The van der Waals surface area contributed by atoms with Gasteiger partial charge in [0.05, 0.1) is 6.10 Å².